The summed E-state index contributed by atoms with van der Waals surface area (Å²) in [6, 6.07) is 0.553. The fraction of sp³-hybridized carbons (Fsp3) is 0.941. The molecule has 2 saturated heterocycles. The molecule has 3 N–H and O–H groups in total. The van der Waals surface area contributed by atoms with Crippen LogP contribution in [-0.4, -0.2) is 61.6 Å². The third-order valence-corrected chi connectivity index (χ3v) is 5.42. The number of rotatable bonds is 5. The molecule has 7 heteroatoms. The average molecular weight is 452 g/mol. The summed E-state index contributed by atoms with van der Waals surface area (Å²) >= 11 is 0. The van der Waals surface area contributed by atoms with Crippen LogP contribution in [0, 0.1) is 0 Å². The summed E-state index contributed by atoms with van der Waals surface area (Å²) in [5, 5.41) is 3.21. The average Bonchev–Trinajstić information content (AvgIpc) is 3.18. The summed E-state index contributed by atoms with van der Waals surface area (Å²) in [6.45, 7) is 6.63. The van der Waals surface area contributed by atoms with E-state index in [1.165, 1.54) is 38.6 Å². The van der Waals surface area contributed by atoms with Crippen LogP contribution in [0.15, 0.2) is 4.99 Å². The van der Waals surface area contributed by atoms with Crippen molar-refractivity contribution in [2.45, 2.75) is 69.8 Å². The van der Waals surface area contributed by atoms with Crippen molar-refractivity contribution in [2.24, 2.45) is 10.7 Å². The number of halogens is 1. The molecule has 2 unspecified atom stereocenters. The van der Waals surface area contributed by atoms with E-state index in [1.54, 1.807) is 0 Å². The molecule has 3 fully saturated rings. The molecule has 0 aromatic rings. The fourth-order valence-electron chi connectivity index (χ4n) is 4.07. The normalized spacial score (nSPS) is 30.5. The number of likely N-dealkylation sites (tertiary alicyclic amines) is 1. The molecule has 1 aliphatic carbocycles. The van der Waals surface area contributed by atoms with Crippen LogP contribution in [0.1, 0.15) is 51.9 Å². The summed E-state index contributed by atoms with van der Waals surface area (Å²) in [4.78, 5) is 7.00. The minimum atomic E-state index is -0.304. The first-order chi connectivity index (χ1) is 11.2. The van der Waals surface area contributed by atoms with Gasteiger partial charge in [0.05, 0.1) is 13.2 Å². The highest BCUT2D eigenvalue weighted by Crippen LogP contribution is 2.37. The summed E-state index contributed by atoms with van der Waals surface area (Å²) in [5.41, 5.74) is 6.01. The van der Waals surface area contributed by atoms with Gasteiger partial charge in [0.2, 0.25) is 0 Å². The van der Waals surface area contributed by atoms with Crippen LogP contribution in [0.5, 0.6) is 0 Å². The SMILES string of the molecule is CCN1CCCC1CN=C(N)NCC1COC2(CCCCC2)O1.I. The number of hydrogen-bond donors (Lipinski definition) is 2. The Morgan fingerprint density at radius 2 is 2.08 bits per heavy atom. The second-order valence-electron chi connectivity index (χ2n) is 7.05. The van der Waals surface area contributed by atoms with E-state index in [0.717, 1.165) is 25.9 Å². The largest absolute Gasteiger partial charge is 0.370 e. The third kappa shape index (κ3) is 5.19. The van der Waals surface area contributed by atoms with Gasteiger partial charge in [0, 0.05) is 25.4 Å². The number of hydrogen-bond acceptors (Lipinski definition) is 4. The maximum Gasteiger partial charge on any atom is 0.188 e. The van der Waals surface area contributed by atoms with E-state index >= 15 is 0 Å². The first-order valence-electron chi connectivity index (χ1n) is 9.30. The van der Waals surface area contributed by atoms with Gasteiger partial charge in [-0.25, -0.2) is 0 Å². The molecule has 0 amide bonds. The maximum atomic E-state index is 6.15. The van der Waals surface area contributed by atoms with Gasteiger partial charge in [-0.05, 0) is 38.8 Å². The maximum absolute atomic E-state index is 6.15. The second-order valence-corrected chi connectivity index (χ2v) is 7.05. The molecule has 0 aromatic heterocycles. The van der Waals surface area contributed by atoms with E-state index in [4.69, 9.17) is 15.2 Å². The third-order valence-electron chi connectivity index (χ3n) is 5.42. The van der Waals surface area contributed by atoms with Crippen molar-refractivity contribution in [3.63, 3.8) is 0 Å². The molecule has 2 aliphatic heterocycles. The number of nitrogens with two attached hydrogens (primary N) is 1. The van der Waals surface area contributed by atoms with E-state index in [-0.39, 0.29) is 35.9 Å². The Morgan fingerprint density at radius 3 is 2.83 bits per heavy atom. The van der Waals surface area contributed by atoms with Crippen molar-refractivity contribution in [1.29, 1.82) is 0 Å². The summed E-state index contributed by atoms with van der Waals surface area (Å²) in [5.74, 6) is 0.225. The fourth-order valence-corrected chi connectivity index (χ4v) is 4.07. The van der Waals surface area contributed by atoms with Crippen molar-refractivity contribution in [2.75, 3.05) is 32.8 Å². The quantitative estimate of drug-likeness (QED) is 0.380. The van der Waals surface area contributed by atoms with E-state index in [0.29, 0.717) is 25.2 Å². The zero-order valence-corrected chi connectivity index (χ0v) is 17.2. The van der Waals surface area contributed by atoms with E-state index in [2.05, 4.69) is 22.1 Å². The highest BCUT2D eigenvalue weighted by Gasteiger charge is 2.42. The summed E-state index contributed by atoms with van der Waals surface area (Å²) in [7, 11) is 0. The number of nitrogens with zero attached hydrogens (tertiary/aromatic N) is 2. The van der Waals surface area contributed by atoms with Crippen molar-refractivity contribution in [3.8, 4) is 0 Å². The molecule has 0 bridgehead atoms. The minimum absolute atomic E-state index is 0. The van der Waals surface area contributed by atoms with Gasteiger partial charge in [0.1, 0.15) is 6.10 Å². The highest BCUT2D eigenvalue weighted by atomic mass is 127. The second kappa shape index (κ2) is 9.54. The van der Waals surface area contributed by atoms with Crippen molar-refractivity contribution < 1.29 is 9.47 Å². The van der Waals surface area contributed by atoms with Gasteiger partial charge in [-0.1, -0.05) is 13.3 Å². The van der Waals surface area contributed by atoms with Crippen LogP contribution in [0.3, 0.4) is 0 Å². The molecule has 1 spiro atoms. The Morgan fingerprint density at radius 1 is 1.29 bits per heavy atom. The number of ether oxygens (including phenoxy) is 2. The van der Waals surface area contributed by atoms with Crippen LogP contribution < -0.4 is 11.1 Å². The Bertz CT molecular complexity index is 415. The van der Waals surface area contributed by atoms with Crippen LogP contribution in [0.4, 0.5) is 0 Å². The zero-order valence-electron chi connectivity index (χ0n) is 14.8. The monoisotopic (exact) mass is 452 g/mol. The van der Waals surface area contributed by atoms with Gasteiger partial charge in [-0.3, -0.25) is 9.89 Å². The molecule has 140 valence electrons. The van der Waals surface area contributed by atoms with Crippen LogP contribution >= 0.6 is 24.0 Å². The van der Waals surface area contributed by atoms with E-state index in [1.807, 2.05) is 0 Å². The van der Waals surface area contributed by atoms with Crippen LogP contribution in [0.25, 0.3) is 0 Å². The molecule has 2 heterocycles. The molecule has 24 heavy (non-hydrogen) atoms. The minimum Gasteiger partial charge on any atom is -0.370 e. The lowest BCUT2D eigenvalue weighted by Crippen LogP contribution is -2.41. The van der Waals surface area contributed by atoms with Crippen molar-refractivity contribution >= 4 is 29.9 Å². The summed E-state index contributed by atoms with van der Waals surface area (Å²) in [6.07, 6.45) is 8.36. The lowest BCUT2D eigenvalue weighted by Gasteiger charge is -2.31. The summed E-state index contributed by atoms with van der Waals surface area (Å²) < 4.78 is 12.1. The molecule has 3 aliphatic rings. The standard InChI is InChI=1S/C17H32N4O2.HI/c1-2-21-10-6-7-14(21)11-19-16(18)20-12-15-13-22-17(23-15)8-4-3-5-9-17;/h14-15H,2-13H2,1H3,(H3,18,19,20);1H. The highest BCUT2D eigenvalue weighted by molar-refractivity contribution is 14.0. The van der Waals surface area contributed by atoms with E-state index in [9.17, 15) is 0 Å². The molecule has 1 saturated carbocycles. The lowest BCUT2D eigenvalue weighted by molar-refractivity contribution is -0.186. The number of nitrogens with one attached hydrogen (secondary N) is 1. The Kier molecular flexibility index (Phi) is 8.03. The van der Waals surface area contributed by atoms with Gasteiger partial charge < -0.3 is 20.5 Å². The van der Waals surface area contributed by atoms with Crippen LogP contribution in [0.2, 0.25) is 0 Å². The Labute approximate surface area is 162 Å². The first-order valence-corrected chi connectivity index (χ1v) is 9.30. The van der Waals surface area contributed by atoms with Gasteiger partial charge >= 0.3 is 0 Å². The molecule has 3 rings (SSSR count). The lowest BCUT2D eigenvalue weighted by atomic mass is 9.94. The van der Waals surface area contributed by atoms with Crippen molar-refractivity contribution in [3.05, 3.63) is 0 Å². The Hall–Kier alpha value is -0.120. The molecular formula is C17H33IN4O2. The molecule has 6 nitrogen and oxygen atoms in total. The van der Waals surface area contributed by atoms with Crippen molar-refractivity contribution in [1.82, 2.24) is 10.2 Å². The van der Waals surface area contributed by atoms with Gasteiger partial charge in [-0.2, -0.15) is 0 Å². The van der Waals surface area contributed by atoms with E-state index < -0.39 is 0 Å². The molecule has 0 aromatic carbocycles. The van der Waals surface area contributed by atoms with Gasteiger partial charge in [-0.15, -0.1) is 24.0 Å². The predicted molar refractivity (Wildman–Crippen MR) is 107 cm³/mol. The molecule has 0 radical (unpaired) electrons. The van der Waals surface area contributed by atoms with Gasteiger partial charge in [0.15, 0.2) is 11.7 Å². The number of guanidine groups is 1. The number of likely N-dealkylation sites (N-methyl/N-ethyl adjacent to an activating group) is 1. The zero-order chi connectivity index (χ0) is 16.1. The van der Waals surface area contributed by atoms with Crippen LogP contribution in [-0.2, 0) is 9.47 Å². The first kappa shape index (κ1) is 20.2. The molecule has 2 atom stereocenters. The predicted octanol–water partition coefficient (Wildman–Crippen LogP) is 2.07. The Balaban J connectivity index is 0.00000208. The number of aliphatic imine (C=N–C) groups is 1. The van der Waals surface area contributed by atoms with Gasteiger partial charge in [0.25, 0.3) is 0 Å². The smallest absolute Gasteiger partial charge is 0.188 e. The molecular weight excluding hydrogens is 419 g/mol. The topological polar surface area (TPSA) is 72.1 Å².